The van der Waals surface area contributed by atoms with E-state index in [1.165, 1.54) is 100 Å². The summed E-state index contributed by atoms with van der Waals surface area (Å²) in [5.41, 5.74) is 28.6. The zero-order valence-electron chi connectivity index (χ0n) is 36.4. The molecule has 67 heavy (non-hydrogen) atoms. The average molecular weight is 850 g/mol. The lowest BCUT2D eigenvalue weighted by Crippen LogP contribution is -2.52. The van der Waals surface area contributed by atoms with Gasteiger partial charge in [0.1, 0.15) is 0 Å². The summed E-state index contributed by atoms with van der Waals surface area (Å²) in [6.45, 7) is 0. The molecule has 9 aromatic carbocycles. The van der Waals surface area contributed by atoms with E-state index < -0.39 is 0 Å². The van der Waals surface area contributed by atoms with Crippen molar-refractivity contribution in [2.45, 2.75) is 40.9 Å². The first-order valence-corrected chi connectivity index (χ1v) is 24.0. The van der Waals surface area contributed by atoms with Gasteiger partial charge in [-0.25, -0.2) is 15.0 Å². The fourth-order valence-corrected chi connectivity index (χ4v) is 14.9. The summed E-state index contributed by atoms with van der Waals surface area (Å²) >= 11 is 0. The quantitative estimate of drug-likeness (QED) is 0.178. The van der Waals surface area contributed by atoms with Gasteiger partial charge in [0.25, 0.3) is 0 Å². The van der Waals surface area contributed by atoms with E-state index in [4.69, 9.17) is 15.0 Å². The Bertz CT molecular complexity index is 3630. The molecule has 0 amide bonds. The summed E-state index contributed by atoms with van der Waals surface area (Å²) in [4.78, 5) is 16.4. The molecule has 0 N–H and O–H groups in total. The van der Waals surface area contributed by atoms with Gasteiger partial charge in [-0.1, -0.05) is 182 Å². The van der Waals surface area contributed by atoms with Gasteiger partial charge in [0.05, 0.1) is 0 Å². The Morgan fingerprint density at radius 1 is 0.239 bits per heavy atom. The second-order valence-electron chi connectivity index (χ2n) is 20.0. The Labute approximate surface area is 388 Å². The summed E-state index contributed by atoms with van der Waals surface area (Å²) < 4.78 is 0. The minimum Gasteiger partial charge on any atom is -0.208 e. The monoisotopic (exact) mass is 849 g/mol. The largest absolute Gasteiger partial charge is 0.208 e. The van der Waals surface area contributed by atoms with Crippen molar-refractivity contribution in [3.05, 3.63) is 300 Å². The van der Waals surface area contributed by atoms with Gasteiger partial charge >= 0.3 is 0 Å². The van der Waals surface area contributed by atoms with E-state index in [1.807, 2.05) is 0 Å². The second kappa shape index (κ2) is 12.3. The lowest BCUT2D eigenvalue weighted by molar-refractivity contribution is 0.333. The zero-order chi connectivity index (χ0) is 43.3. The third-order valence-electron chi connectivity index (χ3n) is 17.4. The number of hydrogen-bond donors (Lipinski definition) is 0. The molecule has 0 saturated carbocycles. The van der Waals surface area contributed by atoms with Crippen LogP contribution in [-0.4, -0.2) is 15.0 Å². The Morgan fingerprint density at radius 2 is 0.507 bits per heavy atom. The van der Waals surface area contributed by atoms with Gasteiger partial charge in [0.2, 0.25) is 0 Å². The highest BCUT2D eigenvalue weighted by atomic mass is 15.0. The highest BCUT2D eigenvalue weighted by molar-refractivity contribution is 5.81. The molecule has 4 bridgehead atoms. The first-order valence-electron chi connectivity index (χ1n) is 24.0. The van der Waals surface area contributed by atoms with Crippen molar-refractivity contribution >= 4 is 0 Å². The molecular weight excluding hydrogens is 811 g/mol. The van der Waals surface area contributed by atoms with Crippen LogP contribution < -0.4 is 0 Å². The standard InChI is InChI=1S/C64H39N3/c1-5-17-41-37(13-1)55-38-14-2-6-18-42(38)57(41)50-31-34(25-28-45(50)55)61-65-62(35-26-29-46-51(32-35)58-43-19-7-3-15-39(43)56(46)40-16-4-8-20-44(40)58)67-63(66-61)36-27-30-47-52(33-36)60-49-22-10-12-24-54(49)64(60)53-23-11-9-21-48(53)59(47)64/h1-33,55-60H. The van der Waals surface area contributed by atoms with Crippen molar-refractivity contribution in [3.8, 4) is 34.2 Å². The van der Waals surface area contributed by atoms with E-state index in [0.29, 0.717) is 29.3 Å². The molecule has 0 radical (unpaired) electrons. The molecule has 0 aliphatic heterocycles. The molecule has 3 nitrogen and oxygen atoms in total. The summed E-state index contributed by atoms with van der Waals surface area (Å²) in [7, 11) is 0. The van der Waals surface area contributed by atoms with Gasteiger partial charge < -0.3 is 0 Å². The van der Waals surface area contributed by atoms with Gasteiger partial charge in [-0.3, -0.25) is 0 Å². The van der Waals surface area contributed by atoms with Gasteiger partial charge in [0.15, 0.2) is 17.5 Å². The molecule has 19 rings (SSSR count). The average Bonchev–Trinajstić information content (AvgIpc) is 3.60. The van der Waals surface area contributed by atoms with Crippen molar-refractivity contribution in [3.63, 3.8) is 0 Å². The second-order valence-corrected chi connectivity index (χ2v) is 20.0. The van der Waals surface area contributed by atoms with Crippen LogP contribution in [0, 0.1) is 0 Å². The Balaban J connectivity index is 0.857. The highest BCUT2D eigenvalue weighted by Gasteiger charge is 2.69. The smallest absolute Gasteiger partial charge is 0.164 e. The number of benzene rings is 9. The SMILES string of the molecule is c1ccc2c(c1)C1c3ccccc3C2c2cc(-c3nc(-c4ccc5c(c4)C4c6ccccc6C5c5ccccc54)nc(-c4ccc5c(c4)C4c6ccccc6C46c4ccccc4C56)n3)ccc21. The molecule has 0 saturated heterocycles. The molecule has 3 unspecified atom stereocenters. The third-order valence-corrected chi connectivity index (χ3v) is 17.4. The normalized spacial score (nSPS) is 23.3. The van der Waals surface area contributed by atoms with Crippen LogP contribution in [0.15, 0.2) is 200 Å². The highest BCUT2D eigenvalue weighted by Crippen LogP contribution is 2.77. The first-order chi connectivity index (χ1) is 33.2. The van der Waals surface area contributed by atoms with Crippen LogP contribution in [0.3, 0.4) is 0 Å². The van der Waals surface area contributed by atoms with Gasteiger partial charge in [-0.2, -0.15) is 0 Å². The lowest BCUT2D eigenvalue weighted by atomic mass is 9.43. The molecule has 9 aliphatic carbocycles. The van der Waals surface area contributed by atoms with Crippen LogP contribution in [0.4, 0.5) is 0 Å². The van der Waals surface area contributed by atoms with Gasteiger partial charge in [-0.15, -0.1) is 0 Å². The van der Waals surface area contributed by atoms with Crippen molar-refractivity contribution in [1.82, 2.24) is 15.0 Å². The van der Waals surface area contributed by atoms with Gasteiger partial charge in [-0.05, 0) is 118 Å². The first kappa shape index (κ1) is 35.3. The van der Waals surface area contributed by atoms with Crippen molar-refractivity contribution in [2.75, 3.05) is 0 Å². The van der Waals surface area contributed by atoms with E-state index in [9.17, 15) is 0 Å². The molecule has 3 atom stereocenters. The lowest BCUT2D eigenvalue weighted by Gasteiger charge is -2.58. The maximum absolute atomic E-state index is 5.49. The number of rotatable bonds is 3. The van der Waals surface area contributed by atoms with Crippen LogP contribution in [-0.2, 0) is 5.41 Å². The van der Waals surface area contributed by atoms with E-state index in [0.717, 1.165) is 16.7 Å². The Kier molecular flexibility index (Phi) is 6.45. The molecule has 10 aromatic rings. The van der Waals surface area contributed by atoms with Crippen LogP contribution in [0.2, 0.25) is 0 Å². The Hall–Kier alpha value is -8.01. The van der Waals surface area contributed by atoms with E-state index in [-0.39, 0.29) is 29.1 Å². The topological polar surface area (TPSA) is 38.7 Å². The summed E-state index contributed by atoms with van der Waals surface area (Å²) in [6, 6.07) is 75.7. The Morgan fingerprint density at radius 3 is 0.881 bits per heavy atom. The van der Waals surface area contributed by atoms with Crippen molar-refractivity contribution in [1.29, 1.82) is 0 Å². The summed E-state index contributed by atoms with van der Waals surface area (Å²) in [5, 5.41) is 0. The van der Waals surface area contributed by atoms with E-state index in [1.54, 1.807) is 0 Å². The summed E-state index contributed by atoms with van der Waals surface area (Å²) in [6.07, 6.45) is 0. The minimum absolute atomic E-state index is 0.00304. The number of aromatic nitrogens is 3. The molecule has 1 aromatic heterocycles. The van der Waals surface area contributed by atoms with Crippen molar-refractivity contribution < 1.29 is 0 Å². The van der Waals surface area contributed by atoms with E-state index >= 15 is 0 Å². The predicted octanol–water partition coefficient (Wildman–Crippen LogP) is 13.7. The van der Waals surface area contributed by atoms with Crippen LogP contribution in [0.5, 0.6) is 0 Å². The van der Waals surface area contributed by atoms with Crippen LogP contribution in [0.25, 0.3) is 34.2 Å². The van der Waals surface area contributed by atoms with Crippen LogP contribution >= 0.6 is 0 Å². The number of hydrogen-bond acceptors (Lipinski definition) is 3. The van der Waals surface area contributed by atoms with E-state index in [2.05, 4.69) is 200 Å². The molecule has 9 aliphatic rings. The number of fused-ring (bicyclic) bond motifs is 7. The molecule has 1 spiro atoms. The maximum atomic E-state index is 5.49. The third kappa shape index (κ3) is 4.16. The maximum Gasteiger partial charge on any atom is 0.164 e. The summed E-state index contributed by atoms with van der Waals surface area (Å²) in [5.74, 6) is 3.53. The fraction of sp³-hybridized carbons (Fsp3) is 0.109. The molecule has 3 heteroatoms. The predicted molar refractivity (Wildman–Crippen MR) is 263 cm³/mol. The van der Waals surface area contributed by atoms with Crippen LogP contribution in [0.1, 0.15) is 136 Å². The zero-order valence-corrected chi connectivity index (χ0v) is 36.4. The van der Waals surface area contributed by atoms with Gasteiger partial charge in [0, 0.05) is 57.6 Å². The molecular formula is C64H39N3. The minimum atomic E-state index is 0.00304. The molecule has 0 fully saturated rings. The number of nitrogens with zero attached hydrogens (tertiary/aromatic N) is 3. The molecule has 1 heterocycles. The van der Waals surface area contributed by atoms with Crippen molar-refractivity contribution in [2.24, 2.45) is 0 Å². The molecule has 310 valence electrons. The fourth-order valence-electron chi connectivity index (χ4n) is 14.9.